The molecule has 216 valence electrons. The largest absolute Gasteiger partial charge is 0.485 e. The number of hydrazone groups is 1. The van der Waals surface area contributed by atoms with Gasteiger partial charge in [-0.2, -0.15) is 10.2 Å². The summed E-state index contributed by atoms with van der Waals surface area (Å²) >= 11 is 0. The first-order chi connectivity index (χ1) is 21.7. The number of nitrogens with zero attached hydrogens (tertiary/aromatic N) is 3. The Bertz CT molecular complexity index is 1840. The van der Waals surface area contributed by atoms with Crippen molar-refractivity contribution in [2.45, 2.75) is 13.2 Å². The van der Waals surface area contributed by atoms with Crippen molar-refractivity contribution in [3.63, 3.8) is 0 Å². The molecule has 7 heteroatoms. The molecule has 6 rings (SSSR count). The van der Waals surface area contributed by atoms with Crippen molar-refractivity contribution in [2.24, 2.45) is 5.10 Å². The van der Waals surface area contributed by atoms with Gasteiger partial charge in [0.25, 0.3) is 5.91 Å². The number of carbonyl (C=O) groups is 1. The molecule has 1 heterocycles. The van der Waals surface area contributed by atoms with Gasteiger partial charge < -0.3 is 9.47 Å². The molecule has 0 saturated heterocycles. The standard InChI is InChI=1S/C37H30N4O3/c42-37(33-25-41(32-19-11-4-12-20-32)40-36(33)31-17-9-3-10-18-31)39-38-24-30-21-22-34(43-26-28-13-5-1-6-14-28)35(23-30)44-27-29-15-7-2-8-16-29/h1-25H,26-27H2,(H,39,42). The van der Waals surface area contributed by atoms with E-state index in [1.807, 2.05) is 140 Å². The van der Waals surface area contributed by atoms with Gasteiger partial charge in [0.05, 0.1) is 17.5 Å². The van der Waals surface area contributed by atoms with Gasteiger partial charge >= 0.3 is 0 Å². The van der Waals surface area contributed by atoms with Crippen molar-refractivity contribution in [1.29, 1.82) is 0 Å². The molecule has 44 heavy (non-hydrogen) atoms. The Labute approximate surface area is 256 Å². The van der Waals surface area contributed by atoms with Gasteiger partial charge in [-0.1, -0.05) is 109 Å². The molecule has 7 nitrogen and oxygen atoms in total. The monoisotopic (exact) mass is 578 g/mol. The molecule has 0 spiro atoms. The number of nitrogens with one attached hydrogen (secondary N) is 1. The Morgan fingerprint density at radius 2 is 1.27 bits per heavy atom. The van der Waals surface area contributed by atoms with Crippen molar-refractivity contribution in [2.75, 3.05) is 0 Å². The van der Waals surface area contributed by atoms with Crippen molar-refractivity contribution in [3.05, 3.63) is 168 Å². The Kier molecular flexibility index (Phi) is 8.84. The van der Waals surface area contributed by atoms with Crippen LogP contribution in [0, 0.1) is 0 Å². The summed E-state index contributed by atoms with van der Waals surface area (Å²) in [5.74, 6) is 0.827. The lowest BCUT2D eigenvalue weighted by atomic mass is 10.1. The maximum absolute atomic E-state index is 13.4. The fourth-order valence-electron chi connectivity index (χ4n) is 4.60. The summed E-state index contributed by atoms with van der Waals surface area (Å²) in [6.07, 6.45) is 3.30. The fourth-order valence-corrected chi connectivity index (χ4v) is 4.60. The highest BCUT2D eigenvalue weighted by atomic mass is 16.5. The minimum atomic E-state index is -0.370. The molecule has 5 aromatic carbocycles. The summed E-state index contributed by atoms with van der Waals surface area (Å²) in [5, 5.41) is 8.98. The first-order valence-electron chi connectivity index (χ1n) is 14.2. The average Bonchev–Trinajstić information content (AvgIpc) is 3.55. The molecule has 1 amide bonds. The highest BCUT2D eigenvalue weighted by Crippen LogP contribution is 2.30. The lowest BCUT2D eigenvalue weighted by molar-refractivity contribution is 0.0955. The number of para-hydroxylation sites is 1. The predicted molar refractivity (Wildman–Crippen MR) is 172 cm³/mol. The molecule has 0 atom stereocenters. The third-order valence-electron chi connectivity index (χ3n) is 6.85. The van der Waals surface area contributed by atoms with Crippen molar-refractivity contribution < 1.29 is 14.3 Å². The summed E-state index contributed by atoms with van der Waals surface area (Å²) in [6.45, 7) is 0.792. The van der Waals surface area contributed by atoms with E-state index in [2.05, 4.69) is 10.5 Å². The van der Waals surface area contributed by atoms with Crippen LogP contribution in [0.5, 0.6) is 11.5 Å². The van der Waals surface area contributed by atoms with Crippen LogP contribution in [0.15, 0.2) is 151 Å². The summed E-state index contributed by atoms with van der Waals surface area (Å²) in [5.41, 5.74) is 8.17. The van der Waals surface area contributed by atoms with E-state index < -0.39 is 0 Å². The first kappa shape index (κ1) is 28.2. The smallest absolute Gasteiger partial charge is 0.275 e. The zero-order valence-electron chi connectivity index (χ0n) is 23.9. The van der Waals surface area contributed by atoms with E-state index in [1.165, 1.54) is 0 Å². The molecular formula is C37H30N4O3. The summed E-state index contributed by atoms with van der Waals surface area (Å²) < 4.78 is 14.0. The van der Waals surface area contributed by atoms with Crippen LogP contribution in [0.3, 0.4) is 0 Å². The molecule has 0 saturated carbocycles. The number of carbonyl (C=O) groups excluding carboxylic acids is 1. The highest BCUT2D eigenvalue weighted by molar-refractivity contribution is 6.00. The Balaban J connectivity index is 1.21. The third-order valence-corrected chi connectivity index (χ3v) is 6.85. The normalized spacial score (nSPS) is 10.9. The second-order valence-corrected chi connectivity index (χ2v) is 9.99. The Morgan fingerprint density at radius 3 is 1.91 bits per heavy atom. The van der Waals surface area contributed by atoms with Crippen molar-refractivity contribution in [1.82, 2.24) is 15.2 Å². The topological polar surface area (TPSA) is 77.7 Å². The van der Waals surface area contributed by atoms with Crippen LogP contribution < -0.4 is 14.9 Å². The van der Waals surface area contributed by atoms with E-state index in [9.17, 15) is 4.79 Å². The lowest BCUT2D eigenvalue weighted by Gasteiger charge is -2.14. The fraction of sp³-hybridized carbons (Fsp3) is 0.0541. The van der Waals surface area contributed by atoms with E-state index in [0.29, 0.717) is 36.0 Å². The molecule has 0 aliphatic rings. The maximum atomic E-state index is 13.4. The van der Waals surface area contributed by atoms with Gasteiger partial charge in [-0.15, -0.1) is 0 Å². The number of rotatable bonds is 11. The summed E-state index contributed by atoms with van der Waals surface area (Å²) in [7, 11) is 0. The molecule has 1 N–H and O–H groups in total. The number of amides is 1. The zero-order chi connectivity index (χ0) is 30.0. The second-order valence-electron chi connectivity index (χ2n) is 9.99. The van der Waals surface area contributed by atoms with E-state index in [4.69, 9.17) is 14.6 Å². The number of aromatic nitrogens is 2. The Morgan fingerprint density at radius 1 is 0.705 bits per heavy atom. The Hall–Kier alpha value is -5.95. The molecule has 1 aromatic heterocycles. The molecule has 0 aliphatic heterocycles. The minimum absolute atomic E-state index is 0.370. The van der Waals surface area contributed by atoms with E-state index >= 15 is 0 Å². The van der Waals surface area contributed by atoms with Crippen LogP contribution in [-0.2, 0) is 13.2 Å². The number of hydrogen-bond acceptors (Lipinski definition) is 5. The van der Waals surface area contributed by atoms with Gasteiger partial charge in [0.2, 0.25) is 0 Å². The van der Waals surface area contributed by atoms with Crippen molar-refractivity contribution in [3.8, 4) is 28.4 Å². The second kappa shape index (κ2) is 13.8. The molecule has 0 fully saturated rings. The number of ether oxygens (including phenoxy) is 2. The molecular weight excluding hydrogens is 548 g/mol. The van der Waals surface area contributed by atoms with Crippen molar-refractivity contribution >= 4 is 12.1 Å². The van der Waals surface area contributed by atoms with Crippen LogP contribution in [0.2, 0.25) is 0 Å². The summed E-state index contributed by atoms with van der Waals surface area (Å²) in [4.78, 5) is 13.4. The van der Waals surface area contributed by atoms with E-state index in [-0.39, 0.29) is 5.91 Å². The molecule has 0 unspecified atom stereocenters. The van der Waals surface area contributed by atoms with Gasteiger partial charge in [0, 0.05) is 11.8 Å². The maximum Gasteiger partial charge on any atom is 0.275 e. The first-order valence-corrected chi connectivity index (χ1v) is 14.2. The van der Waals surface area contributed by atoms with Gasteiger partial charge in [0.15, 0.2) is 11.5 Å². The number of benzene rings is 5. The molecule has 0 bridgehead atoms. The summed E-state index contributed by atoms with van der Waals surface area (Å²) in [6, 6.07) is 44.8. The van der Waals surface area contributed by atoms with Crippen LogP contribution in [-0.4, -0.2) is 21.9 Å². The van der Waals surface area contributed by atoms with Crippen LogP contribution in [0.1, 0.15) is 27.0 Å². The van der Waals surface area contributed by atoms with Crippen LogP contribution in [0.25, 0.3) is 16.9 Å². The van der Waals surface area contributed by atoms with Gasteiger partial charge in [-0.3, -0.25) is 4.79 Å². The zero-order valence-corrected chi connectivity index (χ0v) is 23.9. The lowest BCUT2D eigenvalue weighted by Crippen LogP contribution is -2.18. The molecule has 0 radical (unpaired) electrons. The SMILES string of the molecule is O=C(NN=Cc1ccc(OCc2ccccc2)c(OCc2ccccc2)c1)c1cn(-c2ccccc2)nc1-c1ccccc1. The average molecular weight is 579 g/mol. The van der Waals surface area contributed by atoms with Gasteiger partial charge in [0.1, 0.15) is 18.9 Å². The van der Waals surface area contributed by atoms with Crippen LogP contribution >= 0.6 is 0 Å². The third kappa shape index (κ3) is 7.09. The predicted octanol–water partition coefficient (Wildman–Crippen LogP) is 7.46. The minimum Gasteiger partial charge on any atom is -0.485 e. The quantitative estimate of drug-likeness (QED) is 0.128. The molecule has 0 aliphatic carbocycles. The highest BCUT2D eigenvalue weighted by Gasteiger charge is 2.18. The number of hydrogen-bond donors (Lipinski definition) is 1. The van der Waals surface area contributed by atoms with E-state index in [0.717, 1.165) is 27.9 Å². The van der Waals surface area contributed by atoms with E-state index in [1.54, 1.807) is 17.1 Å². The van der Waals surface area contributed by atoms with Gasteiger partial charge in [-0.25, -0.2) is 10.1 Å². The molecule has 6 aromatic rings. The van der Waals surface area contributed by atoms with Gasteiger partial charge in [-0.05, 0) is 47.0 Å². The van der Waals surface area contributed by atoms with Crippen LogP contribution in [0.4, 0.5) is 0 Å².